The van der Waals surface area contributed by atoms with E-state index in [-0.39, 0.29) is 0 Å². The minimum Gasteiger partial charge on any atom is -0.377 e. The van der Waals surface area contributed by atoms with Crippen molar-refractivity contribution in [2.75, 3.05) is 6.61 Å². The van der Waals surface area contributed by atoms with E-state index in [9.17, 15) is 0 Å². The second-order valence-electron chi connectivity index (χ2n) is 3.96. The highest BCUT2D eigenvalue weighted by atomic mass is 16.5. The topological polar surface area (TPSA) is 9.23 Å². The SMILES string of the molecule is CCCCC#C[C@@H]1CCC[C@@H]1OCC. The maximum Gasteiger partial charge on any atom is 0.0712 e. The first-order chi connectivity index (χ1) is 6.88. The first kappa shape index (κ1) is 11.6. The standard InChI is InChI=1S/C13H22O/c1-3-5-6-7-9-12-10-8-11-13(12)14-4-2/h12-13H,3-6,8,10-11H2,1-2H3/t12-,13+/m1/s1. The zero-order chi connectivity index (χ0) is 10.2. The van der Waals surface area contributed by atoms with Crippen LogP contribution in [0.3, 0.4) is 0 Å². The smallest absolute Gasteiger partial charge is 0.0712 e. The molecule has 0 bridgehead atoms. The molecule has 14 heavy (non-hydrogen) atoms. The van der Waals surface area contributed by atoms with Crippen LogP contribution in [0.4, 0.5) is 0 Å². The summed E-state index contributed by atoms with van der Waals surface area (Å²) in [6.07, 6.45) is 7.70. The molecule has 0 heterocycles. The summed E-state index contributed by atoms with van der Waals surface area (Å²) in [5.41, 5.74) is 0. The number of rotatable bonds is 4. The van der Waals surface area contributed by atoms with Gasteiger partial charge in [-0.05, 0) is 32.6 Å². The molecule has 0 aromatic carbocycles. The van der Waals surface area contributed by atoms with Gasteiger partial charge in [0, 0.05) is 18.9 Å². The van der Waals surface area contributed by atoms with Crippen LogP contribution in [0, 0.1) is 17.8 Å². The maximum atomic E-state index is 5.67. The van der Waals surface area contributed by atoms with Crippen molar-refractivity contribution in [1.29, 1.82) is 0 Å². The first-order valence-electron chi connectivity index (χ1n) is 5.98. The number of hydrogen-bond acceptors (Lipinski definition) is 1. The Labute approximate surface area is 88.2 Å². The lowest BCUT2D eigenvalue weighted by Crippen LogP contribution is -2.16. The summed E-state index contributed by atoms with van der Waals surface area (Å²) in [7, 11) is 0. The van der Waals surface area contributed by atoms with E-state index in [0.717, 1.165) is 13.0 Å². The largest absolute Gasteiger partial charge is 0.377 e. The molecule has 1 aliphatic carbocycles. The van der Waals surface area contributed by atoms with Crippen molar-refractivity contribution >= 4 is 0 Å². The molecular formula is C13H22O. The van der Waals surface area contributed by atoms with E-state index in [4.69, 9.17) is 4.74 Å². The lowest BCUT2D eigenvalue weighted by Gasteiger charge is -2.13. The average molecular weight is 194 g/mol. The van der Waals surface area contributed by atoms with E-state index < -0.39 is 0 Å². The minimum atomic E-state index is 0.425. The highest BCUT2D eigenvalue weighted by Crippen LogP contribution is 2.27. The van der Waals surface area contributed by atoms with E-state index in [1.807, 2.05) is 0 Å². The summed E-state index contributed by atoms with van der Waals surface area (Å²) in [6.45, 7) is 5.11. The van der Waals surface area contributed by atoms with Crippen molar-refractivity contribution < 1.29 is 4.74 Å². The Morgan fingerprint density at radius 2 is 2.14 bits per heavy atom. The number of ether oxygens (including phenoxy) is 1. The normalized spacial score (nSPS) is 25.9. The van der Waals surface area contributed by atoms with Gasteiger partial charge in [0.2, 0.25) is 0 Å². The lowest BCUT2D eigenvalue weighted by atomic mass is 10.1. The molecule has 2 atom stereocenters. The monoisotopic (exact) mass is 194 g/mol. The number of hydrogen-bond donors (Lipinski definition) is 0. The second kappa shape index (κ2) is 6.90. The van der Waals surface area contributed by atoms with Gasteiger partial charge < -0.3 is 4.74 Å². The van der Waals surface area contributed by atoms with Crippen LogP contribution in [0.15, 0.2) is 0 Å². The second-order valence-corrected chi connectivity index (χ2v) is 3.96. The Hall–Kier alpha value is -0.480. The highest BCUT2D eigenvalue weighted by Gasteiger charge is 2.25. The van der Waals surface area contributed by atoms with Gasteiger partial charge in [0.05, 0.1) is 6.10 Å². The molecule has 1 nitrogen and oxygen atoms in total. The summed E-state index contributed by atoms with van der Waals surface area (Å²) in [6, 6.07) is 0. The third kappa shape index (κ3) is 3.72. The van der Waals surface area contributed by atoms with Crippen LogP contribution in [0.5, 0.6) is 0 Å². The van der Waals surface area contributed by atoms with Crippen LogP contribution in [-0.4, -0.2) is 12.7 Å². The molecule has 0 N–H and O–H groups in total. The fourth-order valence-electron chi connectivity index (χ4n) is 1.97. The van der Waals surface area contributed by atoms with Gasteiger partial charge in [0.1, 0.15) is 0 Å². The van der Waals surface area contributed by atoms with E-state index in [1.165, 1.54) is 32.1 Å². The van der Waals surface area contributed by atoms with Crippen LogP contribution in [0.2, 0.25) is 0 Å². The van der Waals surface area contributed by atoms with Gasteiger partial charge in [0.15, 0.2) is 0 Å². The maximum absolute atomic E-state index is 5.67. The Balaban J connectivity index is 2.29. The molecule has 0 aromatic rings. The molecule has 1 heteroatoms. The van der Waals surface area contributed by atoms with Crippen LogP contribution >= 0.6 is 0 Å². The van der Waals surface area contributed by atoms with E-state index >= 15 is 0 Å². The average Bonchev–Trinajstić information content (AvgIpc) is 2.61. The van der Waals surface area contributed by atoms with Gasteiger partial charge >= 0.3 is 0 Å². The zero-order valence-electron chi connectivity index (χ0n) is 9.51. The molecule has 1 rings (SSSR count). The number of unbranched alkanes of at least 4 members (excludes halogenated alkanes) is 2. The summed E-state index contributed by atoms with van der Waals surface area (Å²) in [5, 5.41) is 0. The first-order valence-corrected chi connectivity index (χ1v) is 5.98. The van der Waals surface area contributed by atoms with Crippen LogP contribution in [0.25, 0.3) is 0 Å². The van der Waals surface area contributed by atoms with Crippen molar-refractivity contribution in [2.24, 2.45) is 5.92 Å². The van der Waals surface area contributed by atoms with Crippen LogP contribution < -0.4 is 0 Å². The molecule has 0 amide bonds. The molecule has 0 saturated heterocycles. The highest BCUT2D eigenvalue weighted by molar-refractivity contribution is 5.07. The Bertz CT molecular complexity index is 199. The summed E-state index contributed by atoms with van der Waals surface area (Å²) >= 11 is 0. The summed E-state index contributed by atoms with van der Waals surface area (Å²) in [5.74, 6) is 7.18. The van der Waals surface area contributed by atoms with Crippen LogP contribution in [-0.2, 0) is 4.74 Å². The molecule has 1 aliphatic rings. The van der Waals surface area contributed by atoms with Gasteiger partial charge in [-0.3, -0.25) is 0 Å². The molecule has 0 aromatic heterocycles. The third-order valence-electron chi connectivity index (χ3n) is 2.78. The van der Waals surface area contributed by atoms with E-state index in [2.05, 4.69) is 25.7 Å². The zero-order valence-corrected chi connectivity index (χ0v) is 9.51. The molecule has 0 aliphatic heterocycles. The van der Waals surface area contributed by atoms with E-state index in [1.54, 1.807) is 0 Å². The molecule has 1 fully saturated rings. The molecule has 0 radical (unpaired) electrons. The Morgan fingerprint density at radius 1 is 1.29 bits per heavy atom. The van der Waals surface area contributed by atoms with Gasteiger partial charge in [-0.15, -0.1) is 5.92 Å². The van der Waals surface area contributed by atoms with Crippen LogP contribution in [0.1, 0.15) is 52.4 Å². The van der Waals surface area contributed by atoms with Crippen molar-refractivity contribution in [3.05, 3.63) is 0 Å². The van der Waals surface area contributed by atoms with Crippen molar-refractivity contribution in [2.45, 2.75) is 58.5 Å². The lowest BCUT2D eigenvalue weighted by molar-refractivity contribution is 0.0510. The molecule has 80 valence electrons. The van der Waals surface area contributed by atoms with E-state index in [0.29, 0.717) is 12.0 Å². The fourth-order valence-corrected chi connectivity index (χ4v) is 1.97. The van der Waals surface area contributed by atoms with Gasteiger partial charge in [0.25, 0.3) is 0 Å². The third-order valence-corrected chi connectivity index (χ3v) is 2.78. The van der Waals surface area contributed by atoms with Gasteiger partial charge in [-0.2, -0.15) is 0 Å². The predicted octanol–water partition coefficient (Wildman–Crippen LogP) is 3.39. The van der Waals surface area contributed by atoms with Crippen molar-refractivity contribution in [3.63, 3.8) is 0 Å². The van der Waals surface area contributed by atoms with Crippen molar-refractivity contribution in [3.8, 4) is 11.8 Å². The molecule has 0 unspecified atom stereocenters. The van der Waals surface area contributed by atoms with Gasteiger partial charge in [-0.1, -0.05) is 19.3 Å². The molecule has 1 saturated carbocycles. The predicted molar refractivity (Wildman–Crippen MR) is 60.1 cm³/mol. The Kier molecular flexibility index (Phi) is 5.71. The fraction of sp³-hybridized carbons (Fsp3) is 0.846. The minimum absolute atomic E-state index is 0.425. The molecular weight excluding hydrogens is 172 g/mol. The van der Waals surface area contributed by atoms with Crippen molar-refractivity contribution in [1.82, 2.24) is 0 Å². The Morgan fingerprint density at radius 3 is 2.86 bits per heavy atom. The quantitative estimate of drug-likeness (QED) is 0.492. The molecule has 0 spiro atoms. The van der Waals surface area contributed by atoms with Gasteiger partial charge in [-0.25, -0.2) is 0 Å². The summed E-state index contributed by atoms with van der Waals surface area (Å²) in [4.78, 5) is 0. The summed E-state index contributed by atoms with van der Waals surface area (Å²) < 4.78 is 5.67.